The maximum Gasteiger partial charge on any atom is 0.659 e. The average Bonchev–Trinajstić information content (AvgIpc) is 3.45. The lowest BCUT2D eigenvalue weighted by atomic mass is 10.0. The van der Waals surface area contributed by atoms with Gasteiger partial charge < -0.3 is 55.9 Å². The van der Waals surface area contributed by atoms with E-state index in [0.29, 0.717) is 0 Å². The first-order valence-electron chi connectivity index (χ1n) is 19.4. The van der Waals surface area contributed by atoms with Crippen molar-refractivity contribution in [3.05, 3.63) is 94.5 Å². The molecule has 0 radical (unpaired) electrons. The summed E-state index contributed by atoms with van der Waals surface area (Å²) in [4.78, 5) is 51.9. The van der Waals surface area contributed by atoms with Crippen LogP contribution in [0.15, 0.2) is 77.7 Å². The molecule has 1 amide bonds. The summed E-state index contributed by atoms with van der Waals surface area (Å²) in [5, 5.41) is 14.5. The molecule has 2 aromatic carbocycles. The molecule has 0 unspecified atom stereocenters. The van der Waals surface area contributed by atoms with E-state index in [1.807, 2.05) is 99.9 Å². The number of carbonyl (C=O) groups excluding carboxylic acids is 3. The Hall–Kier alpha value is -3.98. The zero-order chi connectivity index (χ0) is 44.1. The van der Waals surface area contributed by atoms with Crippen LogP contribution in [0.5, 0.6) is 0 Å². The predicted molar refractivity (Wildman–Crippen MR) is 223 cm³/mol. The van der Waals surface area contributed by atoms with Crippen molar-refractivity contribution in [3.8, 4) is 0 Å². The molecule has 0 aliphatic carbocycles. The molecular formula is C39H57N3O15Si3. The second-order valence-electron chi connectivity index (χ2n) is 15.6. The van der Waals surface area contributed by atoms with Gasteiger partial charge in [-0.2, -0.15) is 4.98 Å². The van der Waals surface area contributed by atoms with Gasteiger partial charge in [-0.3, -0.25) is 19.0 Å². The van der Waals surface area contributed by atoms with Crippen molar-refractivity contribution in [1.82, 2.24) is 9.55 Å². The van der Waals surface area contributed by atoms with Gasteiger partial charge in [0.25, 0.3) is 6.48 Å². The van der Waals surface area contributed by atoms with Crippen LogP contribution in [-0.4, -0.2) is 116 Å². The van der Waals surface area contributed by atoms with Crippen LogP contribution in [0.4, 0.5) is 5.82 Å². The fourth-order valence-corrected chi connectivity index (χ4v) is 14.2. The van der Waals surface area contributed by atoms with Crippen LogP contribution in [0.1, 0.15) is 44.2 Å². The largest absolute Gasteiger partial charge is 0.659 e. The zero-order valence-corrected chi connectivity index (χ0v) is 38.5. The standard InChI is InChI=1S/C39H57N3O15Si3/c1-27(43)40-33-20-21-42(38(47)41-33)37-36(54-39(50-24-22-48-28(2)44)51-25-23-49-29(3)45)34(46)32(53-37)26-52-60(56-58(4,5)6,57-59(7,8)9)55-35(30-16-12-10-13-17-30)31-18-14-11-15-19-31/h10-21,32,34-37,39,46H,22-26H2,1-9H3,(H,40,41,43,47)/t32-,34-,36-,37-/m1/s1. The van der Waals surface area contributed by atoms with Crippen LogP contribution in [0.25, 0.3) is 0 Å². The lowest BCUT2D eigenvalue weighted by Crippen LogP contribution is -2.60. The SMILES string of the molecule is CC(=O)Nc1ccn([C@@H]2O[C@H](CO[Si](OC(c3ccccc3)c3ccccc3)(O[Si](C)(C)C)O[Si](C)(C)C)[C@@H](O)[C@H]2OC(OCCOC(C)=O)OCCOC(C)=O)c(=O)n1. The predicted octanol–water partition coefficient (Wildman–Crippen LogP) is 4.25. The lowest BCUT2D eigenvalue weighted by Gasteiger charge is -2.40. The van der Waals surface area contributed by atoms with Crippen molar-refractivity contribution in [1.29, 1.82) is 0 Å². The molecule has 1 aliphatic heterocycles. The maximum atomic E-state index is 13.5. The Morgan fingerprint density at radius 2 is 1.32 bits per heavy atom. The van der Waals surface area contributed by atoms with Gasteiger partial charge in [0.15, 0.2) is 22.9 Å². The van der Waals surface area contributed by atoms with E-state index in [1.54, 1.807) is 0 Å². The number of aliphatic hydroxyl groups excluding tert-OH is 1. The van der Waals surface area contributed by atoms with E-state index in [0.717, 1.165) is 15.7 Å². The van der Waals surface area contributed by atoms with Crippen molar-refractivity contribution < 1.29 is 65.0 Å². The van der Waals surface area contributed by atoms with Crippen molar-refractivity contribution in [2.45, 2.75) is 97.2 Å². The maximum absolute atomic E-state index is 13.5. The minimum absolute atomic E-state index is 0.00792. The highest BCUT2D eigenvalue weighted by atomic mass is 28.5. The smallest absolute Gasteiger partial charge is 0.463 e. The normalized spacial score (nSPS) is 18.5. The van der Waals surface area contributed by atoms with Gasteiger partial charge in [0.2, 0.25) is 5.91 Å². The summed E-state index contributed by atoms with van der Waals surface area (Å²) < 4.78 is 62.5. The first-order chi connectivity index (χ1) is 28.2. The number of aromatic nitrogens is 2. The summed E-state index contributed by atoms with van der Waals surface area (Å²) in [5.41, 5.74) is 0.814. The Balaban J connectivity index is 1.73. The number of ether oxygens (including phenoxy) is 6. The van der Waals surface area contributed by atoms with E-state index >= 15 is 0 Å². The lowest BCUT2D eigenvalue weighted by molar-refractivity contribution is -0.321. The molecule has 0 spiro atoms. The average molecular weight is 892 g/mol. The van der Waals surface area contributed by atoms with Crippen LogP contribution in [-0.2, 0) is 59.9 Å². The highest BCUT2D eigenvalue weighted by Crippen LogP contribution is 2.37. The molecule has 0 saturated carbocycles. The highest BCUT2D eigenvalue weighted by Gasteiger charge is 2.56. The minimum atomic E-state index is -4.21. The minimum Gasteiger partial charge on any atom is -0.463 e. The number of rotatable bonds is 23. The third-order valence-electron chi connectivity index (χ3n) is 8.03. The first-order valence-corrected chi connectivity index (χ1v) is 27.9. The summed E-state index contributed by atoms with van der Waals surface area (Å²) in [6.07, 6.45) is -4.85. The molecule has 4 atom stereocenters. The number of aliphatic hydroxyl groups is 1. The molecule has 21 heteroatoms. The van der Waals surface area contributed by atoms with Crippen LogP contribution in [0, 0.1) is 0 Å². The number of hydrogen-bond donors (Lipinski definition) is 2. The Bertz CT molecular complexity index is 1820. The summed E-state index contributed by atoms with van der Waals surface area (Å²) in [6, 6.07) is 20.6. The fraction of sp³-hybridized carbons (Fsp3) is 0.513. The Kier molecular flexibility index (Phi) is 18.0. The first kappa shape index (κ1) is 48.7. The Morgan fingerprint density at radius 1 is 0.800 bits per heavy atom. The fourth-order valence-electron chi connectivity index (χ4n) is 5.82. The second-order valence-corrected chi connectivity index (χ2v) is 27.2. The van der Waals surface area contributed by atoms with E-state index < -0.39 is 86.3 Å². The molecule has 18 nitrogen and oxygen atoms in total. The van der Waals surface area contributed by atoms with Crippen LogP contribution >= 0.6 is 0 Å². The van der Waals surface area contributed by atoms with E-state index in [-0.39, 0.29) is 38.9 Å². The molecule has 330 valence electrons. The quantitative estimate of drug-likeness (QED) is 0.0590. The molecule has 60 heavy (non-hydrogen) atoms. The van der Waals surface area contributed by atoms with Gasteiger partial charge in [-0.1, -0.05) is 60.7 Å². The van der Waals surface area contributed by atoms with Gasteiger partial charge in [-0.15, -0.1) is 0 Å². The molecule has 2 N–H and O–H groups in total. The molecule has 4 rings (SSSR count). The highest BCUT2D eigenvalue weighted by molar-refractivity contribution is 6.83. The van der Waals surface area contributed by atoms with E-state index in [9.17, 15) is 24.3 Å². The van der Waals surface area contributed by atoms with Crippen LogP contribution in [0.2, 0.25) is 39.3 Å². The van der Waals surface area contributed by atoms with Crippen molar-refractivity contribution >= 4 is 49.3 Å². The number of anilines is 1. The number of nitrogens with one attached hydrogen (secondary N) is 1. The molecule has 1 aromatic heterocycles. The zero-order valence-electron chi connectivity index (χ0n) is 35.5. The molecule has 0 bridgehead atoms. The molecule has 1 fully saturated rings. The van der Waals surface area contributed by atoms with Crippen LogP contribution in [0.3, 0.4) is 0 Å². The van der Waals surface area contributed by atoms with Crippen molar-refractivity contribution in [3.63, 3.8) is 0 Å². The molecule has 1 saturated heterocycles. The molecular weight excluding hydrogens is 835 g/mol. The molecule has 2 heterocycles. The van der Waals surface area contributed by atoms with Gasteiger partial charge in [0.1, 0.15) is 43.4 Å². The summed E-state index contributed by atoms with van der Waals surface area (Å²) >= 11 is 0. The van der Waals surface area contributed by atoms with E-state index in [1.165, 1.54) is 33.0 Å². The number of hydrogen-bond acceptors (Lipinski definition) is 16. The van der Waals surface area contributed by atoms with Gasteiger partial charge in [0.05, 0.1) is 19.8 Å². The monoisotopic (exact) mass is 891 g/mol. The topological polar surface area (TPSA) is 211 Å². The summed E-state index contributed by atoms with van der Waals surface area (Å²) in [5.74, 6) is -1.53. The van der Waals surface area contributed by atoms with Gasteiger partial charge in [-0.25, -0.2) is 4.79 Å². The number of esters is 2. The number of nitrogens with zero attached hydrogens (tertiary/aromatic N) is 2. The second kappa shape index (κ2) is 22.2. The van der Waals surface area contributed by atoms with E-state index in [4.69, 9.17) is 45.5 Å². The molecule has 3 aromatic rings. The third-order valence-corrected chi connectivity index (χ3v) is 16.0. The van der Waals surface area contributed by atoms with Gasteiger partial charge >= 0.3 is 26.7 Å². The Morgan fingerprint density at radius 3 is 1.77 bits per heavy atom. The molecule has 1 aliphatic rings. The number of amides is 1. The summed E-state index contributed by atoms with van der Waals surface area (Å²) in [6.45, 7) is 13.1. The van der Waals surface area contributed by atoms with Gasteiger partial charge in [-0.05, 0) is 56.5 Å². The Labute approximate surface area is 353 Å². The third kappa shape index (κ3) is 15.8. The van der Waals surface area contributed by atoms with Crippen molar-refractivity contribution in [2.24, 2.45) is 0 Å². The van der Waals surface area contributed by atoms with Crippen LogP contribution < -0.4 is 11.0 Å². The van der Waals surface area contributed by atoms with Gasteiger partial charge in [0, 0.05) is 27.0 Å². The summed E-state index contributed by atoms with van der Waals surface area (Å²) in [7, 11) is -9.26. The van der Waals surface area contributed by atoms with Crippen molar-refractivity contribution in [2.75, 3.05) is 38.4 Å². The number of carbonyl (C=O) groups is 3. The number of benzene rings is 2. The van der Waals surface area contributed by atoms with E-state index in [2.05, 4.69) is 10.3 Å².